The molecule has 0 saturated carbocycles. The first-order valence-electron chi connectivity index (χ1n) is 6.85. The van der Waals surface area contributed by atoms with Crippen LogP contribution in [-0.4, -0.2) is 19.5 Å². The third-order valence-corrected chi connectivity index (χ3v) is 3.20. The Bertz CT molecular complexity index is 535. The lowest BCUT2D eigenvalue weighted by Gasteiger charge is -2.06. The predicted molar refractivity (Wildman–Crippen MR) is 82.3 cm³/mol. The number of hydrogen-bond donors (Lipinski definition) is 2. The molecule has 0 bridgehead atoms. The van der Waals surface area contributed by atoms with Gasteiger partial charge in [0.1, 0.15) is 0 Å². The Balaban J connectivity index is 1.85. The average Bonchev–Trinajstić information content (AvgIpc) is 2.52. The third kappa shape index (κ3) is 4.21. The van der Waals surface area contributed by atoms with Crippen molar-refractivity contribution in [3.63, 3.8) is 0 Å². The third-order valence-electron chi connectivity index (χ3n) is 3.20. The van der Waals surface area contributed by atoms with Gasteiger partial charge in [-0.25, -0.2) is 0 Å². The normalized spacial score (nSPS) is 10.2. The molecule has 1 amide bonds. The molecule has 0 aliphatic rings. The van der Waals surface area contributed by atoms with Gasteiger partial charge in [-0.3, -0.25) is 4.79 Å². The molecule has 2 aromatic carbocycles. The summed E-state index contributed by atoms with van der Waals surface area (Å²) >= 11 is 0. The Kier molecular flexibility index (Phi) is 5.33. The Morgan fingerprint density at radius 3 is 2.25 bits per heavy atom. The summed E-state index contributed by atoms with van der Waals surface area (Å²) in [5.41, 5.74) is 3.67. The van der Waals surface area contributed by atoms with E-state index < -0.39 is 0 Å². The Hall–Kier alpha value is -2.13. The van der Waals surface area contributed by atoms with Crippen molar-refractivity contribution < 1.29 is 4.79 Å². The molecule has 0 aliphatic carbocycles. The number of amides is 1. The summed E-state index contributed by atoms with van der Waals surface area (Å²) < 4.78 is 0. The van der Waals surface area contributed by atoms with Crippen LogP contribution in [0, 0.1) is 0 Å². The van der Waals surface area contributed by atoms with Crippen LogP contribution in [0.2, 0.25) is 0 Å². The fraction of sp³-hybridized carbons (Fsp3) is 0.235. The van der Waals surface area contributed by atoms with E-state index in [0.717, 1.165) is 6.54 Å². The summed E-state index contributed by atoms with van der Waals surface area (Å²) in [6.07, 6.45) is 0.512. The molecular formula is C17H20N2O. The molecule has 20 heavy (non-hydrogen) atoms. The fourth-order valence-corrected chi connectivity index (χ4v) is 2.01. The summed E-state index contributed by atoms with van der Waals surface area (Å²) in [6.45, 7) is 1.48. The molecule has 0 atom stereocenters. The number of hydrogen-bond acceptors (Lipinski definition) is 2. The van der Waals surface area contributed by atoms with E-state index >= 15 is 0 Å². The molecule has 0 heterocycles. The molecule has 0 unspecified atom stereocenters. The van der Waals surface area contributed by atoms with Gasteiger partial charge in [0.2, 0.25) is 5.91 Å². The van der Waals surface area contributed by atoms with Gasteiger partial charge < -0.3 is 10.6 Å². The van der Waals surface area contributed by atoms with Crippen molar-refractivity contribution in [1.82, 2.24) is 10.6 Å². The minimum Gasteiger partial charge on any atom is -0.359 e. The van der Waals surface area contributed by atoms with E-state index in [-0.39, 0.29) is 5.91 Å². The van der Waals surface area contributed by atoms with Gasteiger partial charge in [0.05, 0.1) is 0 Å². The number of nitrogens with one attached hydrogen (secondary N) is 2. The minimum atomic E-state index is 0.0666. The molecule has 2 aromatic rings. The molecule has 0 fully saturated rings. The van der Waals surface area contributed by atoms with Gasteiger partial charge in [0, 0.05) is 26.6 Å². The van der Waals surface area contributed by atoms with Gasteiger partial charge in [-0.1, -0.05) is 54.6 Å². The topological polar surface area (TPSA) is 41.1 Å². The van der Waals surface area contributed by atoms with Crippen molar-refractivity contribution in [2.24, 2.45) is 0 Å². The molecule has 2 N–H and O–H groups in total. The van der Waals surface area contributed by atoms with Crippen LogP contribution < -0.4 is 10.6 Å². The van der Waals surface area contributed by atoms with Crippen LogP contribution in [-0.2, 0) is 11.3 Å². The zero-order valence-electron chi connectivity index (χ0n) is 11.7. The number of carbonyl (C=O) groups excluding carboxylic acids is 1. The van der Waals surface area contributed by atoms with Gasteiger partial charge in [0.15, 0.2) is 0 Å². The predicted octanol–water partition coefficient (Wildman–Crippen LogP) is 2.58. The number of carbonyl (C=O) groups is 1. The van der Waals surface area contributed by atoms with E-state index in [0.29, 0.717) is 13.0 Å². The van der Waals surface area contributed by atoms with Gasteiger partial charge in [-0.15, -0.1) is 0 Å². The maximum atomic E-state index is 11.1. The van der Waals surface area contributed by atoms with Gasteiger partial charge in [-0.05, 0) is 16.7 Å². The van der Waals surface area contributed by atoms with Crippen LogP contribution in [0.5, 0.6) is 0 Å². The summed E-state index contributed by atoms with van der Waals surface area (Å²) in [7, 11) is 1.66. The summed E-state index contributed by atoms with van der Waals surface area (Å²) in [6, 6.07) is 18.8. The maximum Gasteiger partial charge on any atom is 0.221 e. The summed E-state index contributed by atoms with van der Waals surface area (Å²) in [4.78, 5) is 11.1. The van der Waals surface area contributed by atoms with Crippen molar-refractivity contribution in [3.8, 4) is 11.1 Å². The van der Waals surface area contributed by atoms with Crippen LogP contribution in [0.3, 0.4) is 0 Å². The molecule has 0 saturated heterocycles. The van der Waals surface area contributed by atoms with Crippen molar-refractivity contribution in [2.75, 3.05) is 13.6 Å². The monoisotopic (exact) mass is 268 g/mol. The zero-order chi connectivity index (χ0) is 14.2. The molecule has 3 nitrogen and oxygen atoms in total. The van der Waals surface area contributed by atoms with E-state index in [1.54, 1.807) is 7.05 Å². The molecule has 0 spiro atoms. The van der Waals surface area contributed by atoms with Gasteiger partial charge in [-0.2, -0.15) is 0 Å². The molecule has 2 rings (SSSR count). The second-order valence-corrected chi connectivity index (χ2v) is 4.66. The summed E-state index contributed by atoms with van der Waals surface area (Å²) in [5, 5.41) is 5.88. The van der Waals surface area contributed by atoms with Crippen molar-refractivity contribution >= 4 is 5.91 Å². The average molecular weight is 268 g/mol. The molecule has 0 radical (unpaired) electrons. The molecule has 0 aromatic heterocycles. The maximum absolute atomic E-state index is 11.1. The lowest BCUT2D eigenvalue weighted by Crippen LogP contribution is -2.24. The Morgan fingerprint density at radius 1 is 0.950 bits per heavy atom. The van der Waals surface area contributed by atoms with Crippen LogP contribution >= 0.6 is 0 Å². The minimum absolute atomic E-state index is 0.0666. The van der Waals surface area contributed by atoms with Crippen molar-refractivity contribution in [1.29, 1.82) is 0 Å². The lowest BCUT2D eigenvalue weighted by atomic mass is 10.0. The number of rotatable bonds is 6. The van der Waals surface area contributed by atoms with Crippen LogP contribution in [0.15, 0.2) is 54.6 Å². The first kappa shape index (κ1) is 14.3. The highest BCUT2D eigenvalue weighted by molar-refractivity contribution is 5.75. The first-order chi connectivity index (χ1) is 9.79. The lowest BCUT2D eigenvalue weighted by molar-refractivity contribution is -0.120. The highest BCUT2D eigenvalue weighted by Crippen LogP contribution is 2.19. The Labute approximate surface area is 120 Å². The molecule has 0 aliphatic heterocycles. The van der Waals surface area contributed by atoms with Gasteiger partial charge >= 0.3 is 0 Å². The quantitative estimate of drug-likeness (QED) is 0.791. The summed E-state index contributed by atoms with van der Waals surface area (Å²) in [5.74, 6) is 0.0666. The van der Waals surface area contributed by atoms with Gasteiger partial charge in [0.25, 0.3) is 0 Å². The smallest absolute Gasteiger partial charge is 0.221 e. The van der Waals surface area contributed by atoms with Crippen LogP contribution in [0.4, 0.5) is 0 Å². The second-order valence-electron chi connectivity index (χ2n) is 4.66. The molecule has 3 heteroatoms. The van der Waals surface area contributed by atoms with Crippen LogP contribution in [0.1, 0.15) is 12.0 Å². The van der Waals surface area contributed by atoms with Crippen molar-refractivity contribution in [3.05, 3.63) is 60.2 Å². The standard InChI is InChI=1S/C17H20N2O/c1-18-17(20)11-12-19-13-14-7-9-16(10-8-14)15-5-3-2-4-6-15/h2-10,19H,11-13H2,1H3,(H,18,20). The van der Waals surface area contributed by atoms with Crippen LogP contribution in [0.25, 0.3) is 11.1 Å². The van der Waals surface area contributed by atoms with E-state index in [2.05, 4.69) is 47.0 Å². The van der Waals surface area contributed by atoms with E-state index in [4.69, 9.17) is 0 Å². The Morgan fingerprint density at radius 2 is 1.60 bits per heavy atom. The number of benzene rings is 2. The van der Waals surface area contributed by atoms with E-state index in [1.807, 2.05) is 18.2 Å². The molecular weight excluding hydrogens is 248 g/mol. The van der Waals surface area contributed by atoms with E-state index in [1.165, 1.54) is 16.7 Å². The zero-order valence-corrected chi connectivity index (χ0v) is 11.7. The fourth-order valence-electron chi connectivity index (χ4n) is 2.01. The second kappa shape index (κ2) is 7.46. The highest BCUT2D eigenvalue weighted by Gasteiger charge is 1.99. The SMILES string of the molecule is CNC(=O)CCNCc1ccc(-c2ccccc2)cc1. The highest BCUT2D eigenvalue weighted by atomic mass is 16.1. The molecule has 104 valence electrons. The van der Waals surface area contributed by atoms with Crippen molar-refractivity contribution in [2.45, 2.75) is 13.0 Å². The largest absolute Gasteiger partial charge is 0.359 e. The van der Waals surface area contributed by atoms with E-state index in [9.17, 15) is 4.79 Å². The first-order valence-corrected chi connectivity index (χ1v) is 6.85.